The fraction of sp³-hybridized carbons (Fsp3) is 0.0909. The molecule has 0 aliphatic carbocycles. The standard InChI is InChI=1S/C22H18N6OS/c1-15-4-2-5-16(10-15)13-27-14-17(11-24-27)26-22(29)18-12-25-28-19(7-8-23-21(18)28)20-6-3-9-30-20/h2-12,14H,13H2,1H3,(H,26,29). The third kappa shape index (κ3) is 3.48. The van der Waals surface area contributed by atoms with Gasteiger partial charge in [-0.2, -0.15) is 10.2 Å². The highest BCUT2D eigenvalue weighted by atomic mass is 32.1. The minimum Gasteiger partial charge on any atom is -0.319 e. The molecule has 5 aromatic rings. The summed E-state index contributed by atoms with van der Waals surface area (Å²) in [6, 6.07) is 14.2. The van der Waals surface area contributed by atoms with Gasteiger partial charge in [-0.1, -0.05) is 35.9 Å². The van der Waals surface area contributed by atoms with Gasteiger partial charge in [-0.25, -0.2) is 9.50 Å². The largest absolute Gasteiger partial charge is 0.319 e. The molecule has 148 valence electrons. The zero-order valence-corrected chi connectivity index (χ0v) is 17.0. The molecule has 8 heteroatoms. The Morgan fingerprint density at radius 1 is 1.13 bits per heavy atom. The first-order valence-electron chi connectivity index (χ1n) is 9.43. The molecule has 0 aliphatic rings. The molecule has 0 fully saturated rings. The van der Waals surface area contributed by atoms with Gasteiger partial charge in [0.25, 0.3) is 5.91 Å². The van der Waals surface area contributed by atoms with Crippen LogP contribution in [0.1, 0.15) is 21.5 Å². The minimum absolute atomic E-state index is 0.268. The van der Waals surface area contributed by atoms with E-state index in [1.165, 1.54) is 5.56 Å². The highest BCUT2D eigenvalue weighted by Crippen LogP contribution is 2.25. The molecule has 0 unspecified atom stereocenters. The molecule has 0 aliphatic heterocycles. The van der Waals surface area contributed by atoms with Gasteiger partial charge in [0, 0.05) is 12.4 Å². The van der Waals surface area contributed by atoms with E-state index < -0.39 is 0 Å². The van der Waals surface area contributed by atoms with Gasteiger partial charge < -0.3 is 5.32 Å². The lowest BCUT2D eigenvalue weighted by atomic mass is 10.1. The summed E-state index contributed by atoms with van der Waals surface area (Å²) in [7, 11) is 0. The molecule has 7 nitrogen and oxygen atoms in total. The van der Waals surface area contributed by atoms with Crippen LogP contribution in [0.25, 0.3) is 16.2 Å². The molecule has 4 heterocycles. The van der Waals surface area contributed by atoms with Crippen molar-refractivity contribution >= 4 is 28.6 Å². The lowest BCUT2D eigenvalue weighted by Gasteiger charge is -2.04. The Morgan fingerprint density at radius 3 is 2.90 bits per heavy atom. The van der Waals surface area contributed by atoms with Gasteiger partial charge in [-0.15, -0.1) is 11.3 Å². The molecule has 4 aromatic heterocycles. The summed E-state index contributed by atoms with van der Waals surface area (Å²) in [5, 5.41) is 13.6. The van der Waals surface area contributed by atoms with Crippen molar-refractivity contribution in [3.05, 3.63) is 89.3 Å². The summed E-state index contributed by atoms with van der Waals surface area (Å²) in [6.07, 6.45) is 6.70. The van der Waals surface area contributed by atoms with Crippen LogP contribution in [-0.2, 0) is 6.54 Å². The molecular weight excluding hydrogens is 396 g/mol. The van der Waals surface area contributed by atoms with Crippen LogP contribution in [0.5, 0.6) is 0 Å². The van der Waals surface area contributed by atoms with Crippen molar-refractivity contribution < 1.29 is 4.79 Å². The van der Waals surface area contributed by atoms with Crippen LogP contribution >= 0.6 is 11.3 Å². The number of aryl methyl sites for hydroxylation is 1. The van der Waals surface area contributed by atoms with E-state index in [0.29, 0.717) is 23.4 Å². The van der Waals surface area contributed by atoms with Crippen LogP contribution in [0.2, 0.25) is 0 Å². The first-order valence-corrected chi connectivity index (χ1v) is 10.3. The number of hydrogen-bond donors (Lipinski definition) is 1. The number of aromatic nitrogens is 5. The van der Waals surface area contributed by atoms with Gasteiger partial charge in [0.05, 0.1) is 35.2 Å². The van der Waals surface area contributed by atoms with Crippen molar-refractivity contribution in [3.8, 4) is 10.6 Å². The molecule has 30 heavy (non-hydrogen) atoms. The van der Waals surface area contributed by atoms with E-state index in [1.807, 2.05) is 35.8 Å². The predicted octanol–water partition coefficient (Wildman–Crippen LogP) is 4.26. The van der Waals surface area contributed by atoms with Gasteiger partial charge in [0.15, 0.2) is 5.65 Å². The van der Waals surface area contributed by atoms with Crippen molar-refractivity contribution in [1.29, 1.82) is 0 Å². The number of benzene rings is 1. The van der Waals surface area contributed by atoms with Crippen LogP contribution in [0, 0.1) is 6.92 Å². The smallest absolute Gasteiger partial charge is 0.261 e. The van der Waals surface area contributed by atoms with Gasteiger partial charge in [0.2, 0.25) is 0 Å². The topological polar surface area (TPSA) is 77.1 Å². The third-order valence-electron chi connectivity index (χ3n) is 4.74. The summed E-state index contributed by atoms with van der Waals surface area (Å²) in [4.78, 5) is 18.3. The van der Waals surface area contributed by atoms with Gasteiger partial charge in [0.1, 0.15) is 5.56 Å². The Balaban J connectivity index is 1.37. The van der Waals surface area contributed by atoms with Crippen LogP contribution in [0.4, 0.5) is 5.69 Å². The Hall–Kier alpha value is -3.78. The van der Waals surface area contributed by atoms with Gasteiger partial charge >= 0.3 is 0 Å². The number of rotatable bonds is 5. The Bertz CT molecular complexity index is 1330. The van der Waals surface area contributed by atoms with Crippen LogP contribution in [0.3, 0.4) is 0 Å². The monoisotopic (exact) mass is 414 g/mol. The summed E-state index contributed by atoms with van der Waals surface area (Å²) in [6.45, 7) is 2.70. The van der Waals surface area contributed by atoms with Crippen LogP contribution < -0.4 is 5.32 Å². The highest BCUT2D eigenvalue weighted by molar-refractivity contribution is 7.13. The number of thiophene rings is 1. The maximum Gasteiger partial charge on any atom is 0.261 e. The summed E-state index contributed by atoms with van der Waals surface area (Å²) < 4.78 is 3.50. The number of nitrogens with zero attached hydrogens (tertiary/aromatic N) is 5. The van der Waals surface area contributed by atoms with E-state index in [0.717, 1.165) is 16.1 Å². The normalized spacial score (nSPS) is 11.1. The Labute approximate surface area is 176 Å². The Kier molecular flexibility index (Phi) is 4.61. The molecule has 0 radical (unpaired) electrons. The molecule has 0 saturated carbocycles. The van der Waals surface area contributed by atoms with Crippen molar-refractivity contribution in [3.63, 3.8) is 0 Å². The van der Waals surface area contributed by atoms with E-state index in [1.54, 1.807) is 39.1 Å². The predicted molar refractivity (Wildman–Crippen MR) is 117 cm³/mol. The summed E-state index contributed by atoms with van der Waals surface area (Å²) in [5.41, 5.74) is 4.83. The first kappa shape index (κ1) is 18.3. The second-order valence-electron chi connectivity index (χ2n) is 6.97. The number of carbonyl (C=O) groups is 1. The van der Waals surface area contributed by atoms with Gasteiger partial charge in [-0.05, 0) is 30.0 Å². The summed E-state index contributed by atoms with van der Waals surface area (Å²) >= 11 is 1.62. The van der Waals surface area contributed by atoms with Crippen molar-refractivity contribution in [2.45, 2.75) is 13.5 Å². The number of hydrogen-bond acceptors (Lipinski definition) is 5. The second kappa shape index (κ2) is 7.57. The third-order valence-corrected chi connectivity index (χ3v) is 5.63. The van der Waals surface area contributed by atoms with E-state index in [9.17, 15) is 4.79 Å². The van der Waals surface area contributed by atoms with E-state index >= 15 is 0 Å². The van der Waals surface area contributed by atoms with E-state index in [2.05, 4.69) is 45.6 Å². The maximum absolute atomic E-state index is 12.9. The molecule has 0 atom stereocenters. The average molecular weight is 414 g/mol. The highest BCUT2D eigenvalue weighted by Gasteiger charge is 2.17. The molecular formula is C22H18N6OS. The van der Waals surface area contributed by atoms with Gasteiger partial charge in [-0.3, -0.25) is 9.48 Å². The SMILES string of the molecule is Cc1cccc(Cn2cc(NC(=O)c3cnn4c(-c5cccs5)ccnc34)cn2)c1. The fourth-order valence-electron chi connectivity index (χ4n) is 3.37. The van der Waals surface area contributed by atoms with E-state index in [4.69, 9.17) is 0 Å². The van der Waals surface area contributed by atoms with Crippen molar-refractivity contribution in [2.75, 3.05) is 5.32 Å². The molecule has 0 spiro atoms. The average Bonchev–Trinajstić information content (AvgIpc) is 3.49. The van der Waals surface area contributed by atoms with Crippen LogP contribution in [0.15, 0.2) is 72.6 Å². The Morgan fingerprint density at radius 2 is 2.07 bits per heavy atom. The molecule has 0 saturated heterocycles. The van der Waals surface area contributed by atoms with Crippen molar-refractivity contribution in [2.24, 2.45) is 0 Å². The zero-order valence-electron chi connectivity index (χ0n) is 16.2. The molecule has 1 aromatic carbocycles. The molecule has 1 amide bonds. The molecule has 5 rings (SSSR count). The van der Waals surface area contributed by atoms with E-state index in [-0.39, 0.29) is 5.91 Å². The fourth-order valence-corrected chi connectivity index (χ4v) is 4.11. The minimum atomic E-state index is -0.268. The van der Waals surface area contributed by atoms with Crippen LogP contribution in [-0.4, -0.2) is 30.3 Å². The number of fused-ring (bicyclic) bond motifs is 1. The number of amides is 1. The zero-order chi connectivity index (χ0) is 20.5. The number of nitrogens with one attached hydrogen (secondary N) is 1. The van der Waals surface area contributed by atoms with Crippen molar-refractivity contribution in [1.82, 2.24) is 24.4 Å². The molecule has 0 bridgehead atoms. The number of anilines is 1. The molecule has 1 N–H and O–H groups in total. The number of carbonyl (C=O) groups excluding carboxylic acids is 1. The summed E-state index contributed by atoms with van der Waals surface area (Å²) in [5.74, 6) is -0.268. The maximum atomic E-state index is 12.9. The second-order valence-corrected chi connectivity index (χ2v) is 7.92. The lowest BCUT2D eigenvalue weighted by Crippen LogP contribution is -2.11. The quantitative estimate of drug-likeness (QED) is 0.466. The lowest BCUT2D eigenvalue weighted by molar-refractivity contribution is 0.102. The first-order chi connectivity index (χ1) is 14.7.